The third-order valence-electron chi connectivity index (χ3n) is 1.84. The van der Waals surface area contributed by atoms with Crippen molar-refractivity contribution in [1.29, 1.82) is 0 Å². The molecule has 0 radical (unpaired) electrons. The largest absolute Gasteiger partial charge is 0.338 e. The summed E-state index contributed by atoms with van der Waals surface area (Å²) in [6.07, 6.45) is 1.98. The number of hydrogen-bond donors (Lipinski definition) is 2. The minimum atomic E-state index is -0.271. The number of hydrogen-bond acceptors (Lipinski definition) is 2. The molecule has 0 saturated heterocycles. The van der Waals surface area contributed by atoms with Gasteiger partial charge >= 0.3 is 6.03 Å². The van der Waals surface area contributed by atoms with Crippen LogP contribution in [0.2, 0.25) is 10.3 Å². The first-order valence-corrected chi connectivity index (χ1v) is 5.75. The highest BCUT2D eigenvalue weighted by molar-refractivity contribution is 6.32. The van der Waals surface area contributed by atoms with Gasteiger partial charge in [-0.1, -0.05) is 36.5 Å². The first-order valence-electron chi connectivity index (χ1n) is 4.99. The molecule has 2 N–H and O–H groups in total. The van der Waals surface area contributed by atoms with Crippen LogP contribution < -0.4 is 10.6 Å². The van der Waals surface area contributed by atoms with Crippen molar-refractivity contribution in [1.82, 2.24) is 10.3 Å². The normalized spacial score (nSPS) is 9.94. The van der Waals surface area contributed by atoms with E-state index in [0.717, 1.165) is 12.8 Å². The maximum atomic E-state index is 11.4. The van der Waals surface area contributed by atoms with Crippen LogP contribution in [-0.4, -0.2) is 17.6 Å². The van der Waals surface area contributed by atoms with E-state index in [1.54, 1.807) is 0 Å². The topological polar surface area (TPSA) is 54.0 Å². The molecule has 2 amide bonds. The maximum absolute atomic E-state index is 11.4. The van der Waals surface area contributed by atoms with Crippen LogP contribution in [0.4, 0.5) is 10.5 Å². The van der Waals surface area contributed by atoms with Gasteiger partial charge in [0.1, 0.15) is 10.3 Å². The minimum Gasteiger partial charge on any atom is -0.338 e. The number of amides is 2. The Bertz CT molecular complexity index is 351. The van der Waals surface area contributed by atoms with Gasteiger partial charge in [-0.2, -0.15) is 0 Å². The highest BCUT2D eigenvalue weighted by atomic mass is 35.5. The smallest absolute Gasteiger partial charge is 0.319 e. The average Bonchev–Trinajstić information content (AvgIpc) is 2.16. The summed E-state index contributed by atoms with van der Waals surface area (Å²) in [5, 5.41) is 5.83. The number of urea groups is 1. The fourth-order valence-electron chi connectivity index (χ4n) is 1.09. The summed E-state index contributed by atoms with van der Waals surface area (Å²) >= 11 is 11.4. The Morgan fingerprint density at radius 2 is 2.00 bits per heavy atom. The van der Waals surface area contributed by atoms with Crippen molar-refractivity contribution in [2.24, 2.45) is 0 Å². The van der Waals surface area contributed by atoms with Crippen molar-refractivity contribution in [3.63, 3.8) is 0 Å². The van der Waals surface area contributed by atoms with E-state index in [1.165, 1.54) is 12.1 Å². The van der Waals surface area contributed by atoms with Crippen LogP contribution in [0.1, 0.15) is 19.8 Å². The van der Waals surface area contributed by atoms with Gasteiger partial charge in [0.25, 0.3) is 0 Å². The van der Waals surface area contributed by atoms with Crippen LogP contribution in [0.3, 0.4) is 0 Å². The molecule has 0 atom stereocenters. The zero-order valence-electron chi connectivity index (χ0n) is 8.89. The van der Waals surface area contributed by atoms with Crippen LogP contribution in [0, 0.1) is 0 Å². The number of unbranched alkanes of at least 4 members (excludes halogenated alkanes) is 1. The molecule has 0 aliphatic rings. The van der Waals surface area contributed by atoms with E-state index in [-0.39, 0.29) is 16.3 Å². The molecule has 1 heterocycles. The van der Waals surface area contributed by atoms with Gasteiger partial charge in [-0.3, -0.25) is 0 Å². The summed E-state index contributed by atoms with van der Waals surface area (Å²) in [6.45, 7) is 2.71. The van der Waals surface area contributed by atoms with Gasteiger partial charge in [0.05, 0.1) is 0 Å². The Kier molecular flexibility index (Phi) is 5.35. The number of carbonyl (C=O) groups excluding carboxylic acids is 1. The van der Waals surface area contributed by atoms with E-state index in [4.69, 9.17) is 23.2 Å². The number of anilines is 1. The van der Waals surface area contributed by atoms with Crippen molar-refractivity contribution >= 4 is 34.9 Å². The van der Waals surface area contributed by atoms with Gasteiger partial charge in [0.2, 0.25) is 0 Å². The second-order valence-corrected chi connectivity index (χ2v) is 4.01. The van der Waals surface area contributed by atoms with Crippen molar-refractivity contribution in [2.45, 2.75) is 19.8 Å². The Morgan fingerprint density at radius 3 is 2.56 bits per heavy atom. The number of aromatic nitrogens is 1. The van der Waals surface area contributed by atoms with E-state index < -0.39 is 0 Å². The van der Waals surface area contributed by atoms with Gasteiger partial charge in [-0.05, 0) is 18.6 Å². The summed E-state index contributed by atoms with van der Waals surface area (Å²) in [5.41, 5.74) is 0.527. The van der Waals surface area contributed by atoms with Crippen LogP contribution in [0.25, 0.3) is 0 Å². The Hall–Kier alpha value is -1.00. The molecular weight excluding hydrogens is 249 g/mol. The monoisotopic (exact) mass is 261 g/mol. The number of rotatable bonds is 4. The molecule has 0 saturated carbocycles. The lowest BCUT2D eigenvalue weighted by atomic mass is 10.3. The molecule has 0 unspecified atom stereocenters. The first kappa shape index (κ1) is 13.1. The van der Waals surface area contributed by atoms with E-state index >= 15 is 0 Å². The quantitative estimate of drug-likeness (QED) is 0.646. The van der Waals surface area contributed by atoms with Crippen LogP contribution in [0.15, 0.2) is 12.1 Å². The lowest BCUT2D eigenvalue weighted by Crippen LogP contribution is -2.29. The van der Waals surface area contributed by atoms with Gasteiger partial charge in [0, 0.05) is 12.2 Å². The lowest BCUT2D eigenvalue weighted by Gasteiger charge is -2.07. The molecule has 1 aromatic rings. The summed E-state index contributed by atoms with van der Waals surface area (Å²) in [7, 11) is 0. The lowest BCUT2D eigenvalue weighted by molar-refractivity contribution is 0.252. The van der Waals surface area contributed by atoms with Crippen molar-refractivity contribution in [3.05, 3.63) is 22.4 Å². The molecule has 1 rings (SSSR count). The van der Waals surface area contributed by atoms with Crippen molar-refractivity contribution in [2.75, 3.05) is 11.9 Å². The highest BCUT2D eigenvalue weighted by Gasteiger charge is 2.03. The van der Waals surface area contributed by atoms with Crippen LogP contribution in [-0.2, 0) is 0 Å². The van der Waals surface area contributed by atoms with Crippen molar-refractivity contribution < 1.29 is 4.79 Å². The molecule has 88 valence electrons. The molecule has 0 bridgehead atoms. The molecule has 6 heteroatoms. The Balaban J connectivity index is 2.49. The summed E-state index contributed by atoms with van der Waals surface area (Å²) in [4.78, 5) is 15.2. The fourth-order valence-corrected chi connectivity index (χ4v) is 1.55. The number of nitrogens with one attached hydrogen (secondary N) is 2. The van der Waals surface area contributed by atoms with Gasteiger partial charge in [-0.15, -0.1) is 0 Å². The molecule has 4 nitrogen and oxygen atoms in total. The van der Waals surface area contributed by atoms with E-state index in [2.05, 4.69) is 22.5 Å². The molecule has 1 aromatic heterocycles. The molecule has 0 spiro atoms. The van der Waals surface area contributed by atoms with Gasteiger partial charge in [-0.25, -0.2) is 9.78 Å². The molecular formula is C10H13Cl2N3O. The predicted octanol–water partition coefficient (Wildman–Crippen LogP) is 3.31. The summed E-state index contributed by atoms with van der Waals surface area (Å²) in [5.74, 6) is 0. The number of pyridine rings is 1. The van der Waals surface area contributed by atoms with E-state index in [0.29, 0.717) is 12.2 Å². The molecule has 0 aromatic carbocycles. The molecule has 0 fully saturated rings. The zero-order valence-corrected chi connectivity index (χ0v) is 10.4. The Labute approximate surface area is 104 Å². The predicted molar refractivity (Wildman–Crippen MR) is 66.2 cm³/mol. The highest BCUT2D eigenvalue weighted by Crippen LogP contribution is 2.18. The van der Waals surface area contributed by atoms with Crippen molar-refractivity contribution in [3.8, 4) is 0 Å². The molecule has 0 aliphatic carbocycles. The number of carbonyl (C=O) groups is 1. The Morgan fingerprint density at radius 1 is 1.38 bits per heavy atom. The standard InChI is InChI=1S/C10H13Cl2N3O/c1-2-3-4-13-10(16)14-7-5-8(11)15-9(12)6-7/h5-6H,2-4H2,1H3,(H2,13,14,15,16). The van der Waals surface area contributed by atoms with E-state index in [9.17, 15) is 4.79 Å². The first-order chi connectivity index (χ1) is 7.61. The van der Waals surface area contributed by atoms with Crippen LogP contribution in [0.5, 0.6) is 0 Å². The average molecular weight is 262 g/mol. The second kappa shape index (κ2) is 6.55. The third-order valence-corrected chi connectivity index (χ3v) is 2.22. The minimum absolute atomic E-state index is 0.247. The number of halogens is 2. The fraction of sp³-hybridized carbons (Fsp3) is 0.400. The number of nitrogens with zero attached hydrogens (tertiary/aromatic N) is 1. The molecule has 0 aliphatic heterocycles. The molecule has 16 heavy (non-hydrogen) atoms. The van der Waals surface area contributed by atoms with Gasteiger partial charge < -0.3 is 10.6 Å². The maximum Gasteiger partial charge on any atom is 0.319 e. The SMILES string of the molecule is CCCCNC(=O)Nc1cc(Cl)nc(Cl)c1. The van der Waals surface area contributed by atoms with Crippen LogP contribution >= 0.6 is 23.2 Å². The summed E-state index contributed by atoms with van der Waals surface area (Å²) in [6, 6.07) is 2.80. The zero-order chi connectivity index (χ0) is 12.0. The van der Waals surface area contributed by atoms with E-state index in [1.807, 2.05) is 0 Å². The van der Waals surface area contributed by atoms with Gasteiger partial charge in [0.15, 0.2) is 0 Å². The second-order valence-electron chi connectivity index (χ2n) is 3.24. The summed E-state index contributed by atoms with van der Waals surface area (Å²) < 4.78 is 0. The third kappa shape index (κ3) is 4.68.